The molecule has 21 heavy (non-hydrogen) atoms. The van der Waals surface area contributed by atoms with Crippen LogP contribution in [0.3, 0.4) is 0 Å². The molecule has 0 radical (unpaired) electrons. The molecule has 0 fully saturated rings. The number of methoxy groups -OCH3 is 1. The van der Waals surface area contributed by atoms with E-state index in [-0.39, 0.29) is 5.97 Å². The first-order valence-corrected chi connectivity index (χ1v) is 7.70. The van der Waals surface area contributed by atoms with Crippen molar-refractivity contribution in [2.75, 3.05) is 7.11 Å². The Kier molecular flexibility index (Phi) is 8.81. The highest BCUT2D eigenvalue weighted by Gasteiger charge is 2.09. The third-order valence-electron chi connectivity index (χ3n) is 3.51. The fourth-order valence-electron chi connectivity index (χ4n) is 2.29. The number of esters is 1. The normalized spacial score (nSPS) is 13.9. The fourth-order valence-corrected chi connectivity index (χ4v) is 2.29. The van der Waals surface area contributed by atoms with E-state index in [0.29, 0.717) is 0 Å². The fraction of sp³-hybridized carbons (Fsp3) is 0.526. The van der Waals surface area contributed by atoms with Crippen LogP contribution >= 0.6 is 0 Å². The molecule has 1 aliphatic carbocycles. The van der Waals surface area contributed by atoms with E-state index in [1.165, 1.54) is 31.6 Å². The SMILES string of the molecule is C#CC1=C(C#CCCCCCC/C=C/C(=O)OC)CCC1. The summed E-state index contributed by atoms with van der Waals surface area (Å²) < 4.78 is 4.52. The molecule has 0 bridgehead atoms. The molecule has 1 rings (SSSR count). The first-order chi connectivity index (χ1) is 10.3. The molecule has 0 saturated heterocycles. The third kappa shape index (κ3) is 7.42. The van der Waals surface area contributed by atoms with Crippen LogP contribution in [0.4, 0.5) is 0 Å². The van der Waals surface area contributed by atoms with Gasteiger partial charge < -0.3 is 4.74 Å². The quantitative estimate of drug-likeness (QED) is 0.303. The zero-order chi connectivity index (χ0) is 15.3. The molecule has 0 spiro atoms. The summed E-state index contributed by atoms with van der Waals surface area (Å²) in [5, 5.41) is 0. The van der Waals surface area contributed by atoms with Crippen molar-refractivity contribution in [3.05, 3.63) is 23.3 Å². The molecule has 0 aromatic heterocycles. The number of terminal acetylenes is 1. The van der Waals surface area contributed by atoms with E-state index in [1.54, 1.807) is 0 Å². The number of carbonyl (C=O) groups is 1. The van der Waals surface area contributed by atoms with Gasteiger partial charge in [0.05, 0.1) is 7.11 Å². The Balaban J connectivity index is 2.05. The average Bonchev–Trinajstić information content (AvgIpc) is 2.96. The monoisotopic (exact) mass is 284 g/mol. The van der Waals surface area contributed by atoms with Gasteiger partial charge in [-0.2, -0.15) is 0 Å². The van der Waals surface area contributed by atoms with Crippen molar-refractivity contribution >= 4 is 5.97 Å². The van der Waals surface area contributed by atoms with Gasteiger partial charge in [0.1, 0.15) is 0 Å². The van der Waals surface area contributed by atoms with Crippen molar-refractivity contribution in [2.45, 2.75) is 57.8 Å². The molecule has 0 heterocycles. The van der Waals surface area contributed by atoms with Crippen LogP contribution in [0.1, 0.15) is 57.8 Å². The van der Waals surface area contributed by atoms with E-state index in [1.807, 2.05) is 6.08 Å². The third-order valence-corrected chi connectivity index (χ3v) is 3.51. The predicted molar refractivity (Wildman–Crippen MR) is 86.3 cm³/mol. The van der Waals surface area contributed by atoms with Gasteiger partial charge in [0.2, 0.25) is 0 Å². The largest absolute Gasteiger partial charge is 0.466 e. The van der Waals surface area contributed by atoms with Crippen molar-refractivity contribution in [3.8, 4) is 24.2 Å². The Labute approximate surface area is 128 Å². The standard InChI is InChI=1S/C19H24O2/c1-3-17-14-12-15-18(17)13-10-8-6-4-5-7-9-11-16-19(20)21-2/h1,11,16H,4-9,12,14-15H2,2H3/b16-11+. The Morgan fingerprint density at radius 1 is 1.24 bits per heavy atom. The second kappa shape index (κ2) is 10.8. The zero-order valence-corrected chi connectivity index (χ0v) is 12.9. The lowest BCUT2D eigenvalue weighted by Gasteiger charge is -1.96. The highest BCUT2D eigenvalue weighted by Crippen LogP contribution is 2.24. The maximum absolute atomic E-state index is 10.8. The summed E-state index contributed by atoms with van der Waals surface area (Å²) >= 11 is 0. The maximum atomic E-state index is 10.8. The smallest absolute Gasteiger partial charge is 0.330 e. The van der Waals surface area contributed by atoms with E-state index in [4.69, 9.17) is 6.42 Å². The molecule has 0 amide bonds. The predicted octanol–water partition coefficient (Wildman–Crippen LogP) is 4.17. The summed E-state index contributed by atoms with van der Waals surface area (Å²) in [4.78, 5) is 10.8. The summed E-state index contributed by atoms with van der Waals surface area (Å²) in [6.45, 7) is 0. The van der Waals surface area contributed by atoms with Crippen LogP contribution in [0.15, 0.2) is 23.3 Å². The second-order valence-electron chi connectivity index (χ2n) is 5.14. The first kappa shape index (κ1) is 17.1. The lowest BCUT2D eigenvalue weighted by Crippen LogP contribution is -1.93. The maximum Gasteiger partial charge on any atom is 0.330 e. The van der Waals surface area contributed by atoms with Crippen LogP contribution in [-0.2, 0) is 9.53 Å². The number of rotatable bonds is 7. The lowest BCUT2D eigenvalue weighted by atomic mass is 10.1. The molecule has 2 nitrogen and oxygen atoms in total. The molecule has 1 aliphatic rings. The molecular formula is C19H24O2. The highest BCUT2D eigenvalue weighted by molar-refractivity contribution is 5.81. The summed E-state index contributed by atoms with van der Waals surface area (Å²) in [5.41, 5.74) is 2.30. The molecular weight excluding hydrogens is 260 g/mol. The average molecular weight is 284 g/mol. The van der Waals surface area contributed by atoms with Crippen LogP contribution in [0, 0.1) is 24.2 Å². The van der Waals surface area contributed by atoms with Crippen molar-refractivity contribution < 1.29 is 9.53 Å². The number of ether oxygens (including phenoxy) is 1. The van der Waals surface area contributed by atoms with Crippen LogP contribution in [0.2, 0.25) is 0 Å². The molecule has 0 aromatic rings. The molecule has 112 valence electrons. The second-order valence-corrected chi connectivity index (χ2v) is 5.14. The van der Waals surface area contributed by atoms with Gasteiger partial charge in [-0.3, -0.25) is 0 Å². The van der Waals surface area contributed by atoms with Gasteiger partial charge in [0.15, 0.2) is 0 Å². The van der Waals surface area contributed by atoms with E-state index in [2.05, 4.69) is 22.5 Å². The number of unbranched alkanes of at least 4 members (excludes halogenated alkanes) is 5. The molecule has 0 atom stereocenters. The van der Waals surface area contributed by atoms with Crippen molar-refractivity contribution in [1.82, 2.24) is 0 Å². The molecule has 2 heteroatoms. The molecule has 0 unspecified atom stereocenters. The molecule has 0 aliphatic heterocycles. The van der Waals surface area contributed by atoms with Gasteiger partial charge in [-0.15, -0.1) is 6.42 Å². The number of hydrogen-bond donors (Lipinski definition) is 0. The van der Waals surface area contributed by atoms with Crippen LogP contribution in [0.25, 0.3) is 0 Å². The number of carbonyl (C=O) groups excluding carboxylic acids is 1. The Hall–Kier alpha value is -1.93. The van der Waals surface area contributed by atoms with Gasteiger partial charge in [-0.25, -0.2) is 4.79 Å². The molecule has 0 N–H and O–H groups in total. The lowest BCUT2D eigenvalue weighted by molar-refractivity contribution is -0.134. The summed E-state index contributed by atoms with van der Waals surface area (Å²) in [6, 6.07) is 0. The van der Waals surface area contributed by atoms with Crippen LogP contribution in [0.5, 0.6) is 0 Å². The van der Waals surface area contributed by atoms with Gasteiger partial charge in [0.25, 0.3) is 0 Å². The Bertz CT molecular complexity index is 492. The zero-order valence-electron chi connectivity index (χ0n) is 12.9. The number of allylic oxidation sites excluding steroid dienone is 3. The minimum Gasteiger partial charge on any atom is -0.466 e. The number of hydrogen-bond acceptors (Lipinski definition) is 2. The van der Waals surface area contributed by atoms with E-state index < -0.39 is 0 Å². The Morgan fingerprint density at radius 2 is 2.00 bits per heavy atom. The van der Waals surface area contributed by atoms with Crippen molar-refractivity contribution in [3.63, 3.8) is 0 Å². The minimum absolute atomic E-state index is 0.280. The summed E-state index contributed by atoms with van der Waals surface area (Å²) in [5.74, 6) is 8.94. The van der Waals surface area contributed by atoms with Crippen LogP contribution < -0.4 is 0 Å². The van der Waals surface area contributed by atoms with Crippen molar-refractivity contribution in [1.29, 1.82) is 0 Å². The highest BCUT2D eigenvalue weighted by atomic mass is 16.5. The van der Waals surface area contributed by atoms with E-state index in [0.717, 1.165) is 50.5 Å². The van der Waals surface area contributed by atoms with E-state index >= 15 is 0 Å². The minimum atomic E-state index is -0.280. The van der Waals surface area contributed by atoms with Gasteiger partial charge in [-0.1, -0.05) is 36.7 Å². The van der Waals surface area contributed by atoms with Crippen molar-refractivity contribution in [2.24, 2.45) is 0 Å². The topological polar surface area (TPSA) is 26.3 Å². The first-order valence-electron chi connectivity index (χ1n) is 7.70. The van der Waals surface area contributed by atoms with Gasteiger partial charge in [0, 0.05) is 23.6 Å². The van der Waals surface area contributed by atoms with E-state index in [9.17, 15) is 4.79 Å². The summed E-state index contributed by atoms with van der Waals surface area (Å²) in [7, 11) is 1.39. The van der Waals surface area contributed by atoms with Gasteiger partial charge in [-0.05, 0) is 38.5 Å². The van der Waals surface area contributed by atoms with Crippen LogP contribution in [-0.4, -0.2) is 13.1 Å². The summed E-state index contributed by atoms with van der Waals surface area (Å²) in [6.07, 6.45) is 18.5. The Morgan fingerprint density at radius 3 is 2.76 bits per heavy atom. The molecule has 0 saturated carbocycles. The van der Waals surface area contributed by atoms with Gasteiger partial charge >= 0.3 is 5.97 Å². The molecule has 0 aromatic carbocycles.